The third-order valence-electron chi connectivity index (χ3n) is 6.24. The molecule has 8 heteroatoms. The van der Waals surface area contributed by atoms with Gasteiger partial charge in [0.25, 0.3) is 0 Å². The van der Waals surface area contributed by atoms with Crippen molar-refractivity contribution in [2.45, 2.75) is 44.1 Å². The van der Waals surface area contributed by atoms with Crippen molar-refractivity contribution in [3.05, 3.63) is 36.1 Å². The number of furan rings is 1. The van der Waals surface area contributed by atoms with Crippen molar-refractivity contribution >= 4 is 39.7 Å². The van der Waals surface area contributed by atoms with Crippen molar-refractivity contribution in [1.82, 2.24) is 10.2 Å². The van der Waals surface area contributed by atoms with Crippen molar-refractivity contribution in [3.63, 3.8) is 0 Å². The third kappa shape index (κ3) is 4.43. The van der Waals surface area contributed by atoms with Crippen molar-refractivity contribution in [3.8, 4) is 0 Å². The van der Waals surface area contributed by atoms with Crippen LogP contribution in [0.15, 0.2) is 34.7 Å². The van der Waals surface area contributed by atoms with Gasteiger partial charge in [0.05, 0.1) is 12.0 Å². The fraction of sp³-hybridized carbons (Fsp3) is 0.522. The number of carbonyl (C=O) groups is 2. The van der Waals surface area contributed by atoms with Crippen LogP contribution in [0, 0.1) is 5.92 Å². The van der Waals surface area contributed by atoms with Gasteiger partial charge >= 0.3 is 0 Å². The summed E-state index contributed by atoms with van der Waals surface area (Å²) in [6.45, 7) is 1.01. The van der Waals surface area contributed by atoms with Crippen LogP contribution in [0.1, 0.15) is 25.0 Å². The van der Waals surface area contributed by atoms with Crippen molar-refractivity contribution in [2.24, 2.45) is 5.92 Å². The van der Waals surface area contributed by atoms with E-state index in [9.17, 15) is 9.59 Å². The first-order valence-electron chi connectivity index (χ1n) is 10.7. The molecule has 0 saturated carbocycles. The Labute approximate surface area is 187 Å². The number of ketones is 1. The van der Waals surface area contributed by atoms with Crippen LogP contribution in [-0.4, -0.2) is 67.1 Å². The van der Waals surface area contributed by atoms with E-state index in [0.29, 0.717) is 24.4 Å². The summed E-state index contributed by atoms with van der Waals surface area (Å²) in [5.41, 5.74) is 0.807. The lowest BCUT2D eigenvalue weighted by Crippen LogP contribution is -2.53. The number of nitrogens with one attached hydrogen (secondary N) is 1. The first-order chi connectivity index (χ1) is 15.0. The van der Waals surface area contributed by atoms with E-state index in [2.05, 4.69) is 5.32 Å². The predicted molar refractivity (Wildman–Crippen MR) is 120 cm³/mol. The summed E-state index contributed by atoms with van der Waals surface area (Å²) >= 11 is 5.47. The summed E-state index contributed by atoms with van der Waals surface area (Å²) in [5, 5.41) is 4.19. The normalized spacial score (nSPS) is 23.9. The standard InChI is InChI=1S/C23H28N2O5S/c1-28-23(29-2)16-7-5-11-25(16)22(27)21-20(19(31)13-24-21)17(26)10-9-15-12-14-6-3-4-8-18(14)30-15/h3-4,6,8,12,16,20-21,23-24H,5,7,9-11,13H2,1-2H3/t16-,20?,21-/m0/s1. The fourth-order valence-electron chi connectivity index (χ4n) is 4.72. The number of hydrogen-bond acceptors (Lipinski definition) is 7. The Morgan fingerprint density at radius 3 is 2.81 bits per heavy atom. The summed E-state index contributed by atoms with van der Waals surface area (Å²) < 4.78 is 16.6. The Morgan fingerprint density at radius 1 is 1.29 bits per heavy atom. The molecule has 0 spiro atoms. The maximum absolute atomic E-state index is 13.4. The smallest absolute Gasteiger partial charge is 0.241 e. The second-order valence-corrected chi connectivity index (χ2v) is 8.62. The first kappa shape index (κ1) is 22.1. The van der Waals surface area contributed by atoms with Crippen LogP contribution in [0.5, 0.6) is 0 Å². The summed E-state index contributed by atoms with van der Waals surface area (Å²) in [6.07, 6.45) is 1.96. The van der Waals surface area contributed by atoms with Gasteiger partial charge in [0.2, 0.25) is 5.91 Å². The van der Waals surface area contributed by atoms with E-state index in [0.717, 1.165) is 29.6 Å². The zero-order valence-electron chi connectivity index (χ0n) is 17.8. The molecule has 1 N–H and O–H groups in total. The number of fused-ring (bicyclic) bond motifs is 1. The van der Waals surface area contributed by atoms with Crippen LogP contribution in [0.3, 0.4) is 0 Å². The van der Waals surface area contributed by atoms with Crippen LogP contribution in [0.25, 0.3) is 11.0 Å². The average molecular weight is 445 g/mol. The van der Waals surface area contributed by atoms with Gasteiger partial charge in [0.1, 0.15) is 23.2 Å². The van der Waals surface area contributed by atoms with Crippen molar-refractivity contribution in [1.29, 1.82) is 0 Å². The van der Waals surface area contributed by atoms with Crippen molar-refractivity contribution in [2.75, 3.05) is 27.3 Å². The molecule has 3 atom stereocenters. The molecule has 1 unspecified atom stereocenters. The van der Waals surface area contributed by atoms with E-state index in [4.69, 9.17) is 26.1 Å². The number of benzene rings is 1. The number of carbonyl (C=O) groups excluding carboxylic acids is 2. The van der Waals surface area contributed by atoms with Gasteiger partial charge < -0.3 is 24.1 Å². The highest BCUT2D eigenvalue weighted by Gasteiger charge is 2.45. The molecule has 0 aliphatic carbocycles. The number of para-hydroxylation sites is 1. The van der Waals surface area contributed by atoms with Gasteiger partial charge in [-0.1, -0.05) is 30.4 Å². The number of amides is 1. The number of methoxy groups -OCH3 is 2. The number of Topliss-reactive ketones (excluding diaryl/α,β-unsaturated/α-hetero) is 1. The van der Waals surface area contributed by atoms with Crippen LogP contribution in [-0.2, 0) is 25.5 Å². The highest BCUT2D eigenvalue weighted by molar-refractivity contribution is 7.80. The van der Waals surface area contributed by atoms with Gasteiger partial charge in [-0.3, -0.25) is 9.59 Å². The van der Waals surface area contributed by atoms with Crippen LogP contribution < -0.4 is 5.32 Å². The average Bonchev–Trinajstić information content (AvgIpc) is 3.50. The van der Waals surface area contributed by atoms with E-state index >= 15 is 0 Å². The minimum Gasteiger partial charge on any atom is -0.461 e. The minimum atomic E-state index is -0.634. The predicted octanol–water partition coefficient (Wildman–Crippen LogP) is 2.50. The van der Waals surface area contributed by atoms with E-state index in [-0.39, 0.29) is 24.2 Å². The molecule has 2 aliphatic heterocycles. The number of ether oxygens (including phenoxy) is 2. The molecule has 2 aromatic rings. The van der Waals surface area contributed by atoms with Gasteiger partial charge in [0, 0.05) is 50.4 Å². The molecule has 0 radical (unpaired) electrons. The third-order valence-corrected chi connectivity index (χ3v) is 6.64. The molecule has 2 fully saturated rings. The van der Waals surface area contributed by atoms with Crippen LogP contribution >= 0.6 is 12.2 Å². The van der Waals surface area contributed by atoms with Gasteiger partial charge in [-0.15, -0.1) is 0 Å². The number of likely N-dealkylation sites (tertiary alicyclic amines) is 1. The zero-order chi connectivity index (χ0) is 22.0. The molecule has 2 aliphatic rings. The summed E-state index contributed by atoms with van der Waals surface area (Å²) in [4.78, 5) is 28.9. The van der Waals surface area contributed by atoms with Gasteiger partial charge in [0.15, 0.2) is 6.29 Å². The van der Waals surface area contributed by atoms with Crippen LogP contribution in [0.4, 0.5) is 0 Å². The number of thiocarbonyl (C=S) groups is 1. The maximum Gasteiger partial charge on any atom is 0.241 e. The Bertz CT molecular complexity index is 937. The summed E-state index contributed by atoms with van der Waals surface area (Å²) in [6, 6.07) is 8.92. The number of hydrogen-bond donors (Lipinski definition) is 1. The Balaban J connectivity index is 1.44. The Kier molecular flexibility index (Phi) is 6.81. The molecule has 1 amide bonds. The van der Waals surface area contributed by atoms with Crippen molar-refractivity contribution < 1.29 is 23.5 Å². The topological polar surface area (TPSA) is 81.0 Å². The molecule has 1 aromatic carbocycles. The van der Waals surface area contributed by atoms with Gasteiger partial charge in [-0.25, -0.2) is 0 Å². The molecule has 166 valence electrons. The molecule has 7 nitrogen and oxygen atoms in total. The first-order valence-corrected chi connectivity index (χ1v) is 11.1. The van der Waals surface area contributed by atoms with E-state index < -0.39 is 18.2 Å². The zero-order valence-corrected chi connectivity index (χ0v) is 18.7. The van der Waals surface area contributed by atoms with E-state index in [1.54, 1.807) is 19.1 Å². The van der Waals surface area contributed by atoms with E-state index in [1.807, 2.05) is 30.3 Å². The maximum atomic E-state index is 13.4. The van der Waals surface area contributed by atoms with E-state index in [1.165, 1.54) is 0 Å². The lowest BCUT2D eigenvalue weighted by atomic mass is 9.91. The lowest BCUT2D eigenvalue weighted by Gasteiger charge is -2.32. The molecular formula is C23H28N2O5S. The number of rotatable bonds is 8. The van der Waals surface area contributed by atoms with Gasteiger partial charge in [-0.05, 0) is 25.0 Å². The molecule has 3 heterocycles. The highest BCUT2D eigenvalue weighted by Crippen LogP contribution is 2.27. The quantitative estimate of drug-likeness (QED) is 0.495. The largest absolute Gasteiger partial charge is 0.461 e. The monoisotopic (exact) mass is 444 g/mol. The molecule has 1 aromatic heterocycles. The molecule has 4 rings (SSSR count). The van der Waals surface area contributed by atoms with Crippen LogP contribution in [0.2, 0.25) is 0 Å². The summed E-state index contributed by atoms with van der Waals surface area (Å²) in [5.74, 6) is 0.0248. The second-order valence-electron chi connectivity index (χ2n) is 8.10. The Hall–Kier alpha value is -2.13. The second kappa shape index (κ2) is 9.56. The Morgan fingerprint density at radius 2 is 2.06 bits per heavy atom. The number of nitrogens with zero attached hydrogens (tertiary/aromatic N) is 1. The lowest BCUT2D eigenvalue weighted by molar-refractivity contribution is -0.159. The SMILES string of the molecule is COC(OC)[C@@H]1CCCN1C(=O)[C@H]1NCC(=S)C1C(=O)CCc1cc2ccccc2o1. The fourth-order valence-corrected chi connectivity index (χ4v) is 5.07. The molecule has 2 saturated heterocycles. The number of aryl methyl sites for hydroxylation is 1. The molecule has 31 heavy (non-hydrogen) atoms. The molecular weight excluding hydrogens is 416 g/mol. The minimum absolute atomic E-state index is 0.0282. The van der Waals surface area contributed by atoms with Gasteiger partial charge in [-0.2, -0.15) is 0 Å². The summed E-state index contributed by atoms with van der Waals surface area (Å²) in [7, 11) is 3.14. The highest BCUT2D eigenvalue weighted by atomic mass is 32.1. The molecule has 0 bridgehead atoms.